The fourth-order valence-corrected chi connectivity index (χ4v) is 5.00. The molecule has 7 nitrogen and oxygen atoms in total. The molecule has 1 aromatic carbocycles. The average molecular weight is 410 g/mol. The van der Waals surface area contributed by atoms with Gasteiger partial charge in [-0.3, -0.25) is 19.7 Å². The second kappa shape index (κ2) is 8.52. The van der Waals surface area contributed by atoms with E-state index in [0.29, 0.717) is 42.7 Å². The number of methoxy groups -OCH3 is 1. The largest absolute Gasteiger partial charge is 0.385 e. The number of ether oxygens (including phenoxy) is 1. The monoisotopic (exact) mass is 410 g/mol. The zero-order valence-corrected chi connectivity index (χ0v) is 17.2. The Morgan fingerprint density at radius 3 is 2.27 bits per heavy atom. The molecule has 0 saturated carbocycles. The number of carbonyl (C=O) groups excluding carboxylic acids is 2. The van der Waals surface area contributed by atoms with Crippen LogP contribution in [-0.2, 0) is 14.3 Å². The quantitative estimate of drug-likeness (QED) is 0.399. The minimum absolute atomic E-state index is 0.0224. The van der Waals surface area contributed by atoms with E-state index < -0.39 is 10.8 Å². The van der Waals surface area contributed by atoms with Gasteiger partial charge in [0.15, 0.2) is 11.6 Å². The number of allylic oxidation sites excluding steroid dienone is 4. The topological polar surface area (TPSA) is 89.8 Å². The highest BCUT2D eigenvalue weighted by Crippen LogP contribution is 2.49. The van der Waals surface area contributed by atoms with Gasteiger partial charge in [0.25, 0.3) is 5.69 Å². The van der Waals surface area contributed by atoms with Gasteiger partial charge in [-0.2, -0.15) is 0 Å². The Balaban J connectivity index is 1.89. The van der Waals surface area contributed by atoms with Crippen molar-refractivity contribution in [2.75, 3.05) is 20.3 Å². The maximum absolute atomic E-state index is 13.1. The fourth-order valence-electron chi connectivity index (χ4n) is 5.00. The van der Waals surface area contributed by atoms with Gasteiger partial charge in [0.1, 0.15) is 0 Å². The van der Waals surface area contributed by atoms with Crippen LogP contribution in [-0.4, -0.2) is 41.7 Å². The van der Waals surface area contributed by atoms with Gasteiger partial charge in [0, 0.05) is 73.7 Å². The summed E-state index contributed by atoms with van der Waals surface area (Å²) in [5, 5.41) is 11.4. The molecule has 0 unspecified atom stereocenters. The Kier molecular flexibility index (Phi) is 5.81. The molecule has 0 fully saturated rings. The maximum atomic E-state index is 13.1. The Morgan fingerprint density at radius 1 is 1.07 bits per heavy atom. The molecule has 158 valence electrons. The first-order chi connectivity index (χ1) is 14.5. The van der Waals surface area contributed by atoms with Crippen LogP contribution in [0.1, 0.15) is 56.4 Å². The third-order valence-electron chi connectivity index (χ3n) is 6.23. The molecular weight excluding hydrogens is 384 g/mol. The Morgan fingerprint density at radius 2 is 1.70 bits per heavy atom. The van der Waals surface area contributed by atoms with Crippen LogP contribution in [0.25, 0.3) is 0 Å². The number of benzene rings is 1. The summed E-state index contributed by atoms with van der Waals surface area (Å²) in [6.07, 6.45) is 4.84. The molecule has 0 aromatic heterocycles. The van der Waals surface area contributed by atoms with Gasteiger partial charge in [-0.1, -0.05) is 12.1 Å². The molecule has 0 saturated heterocycles. The summed E-state index contributed by atoms with van der Waals surface area (Å²) in [4.78, 5) is 39.3. The Labute approximate surface area is 175 Å². The lowest BCUT2D eigenvalue weighted by Gasteiger charge is -2.44. The molecule has 0 bridgehead atoms. The first kappa shape index (κ1) is 20.5. The van der Waals surface area contributed by atoms with Crippen LogP contribution in [0.4, 0.5) is 5.69 Å². The summed E-state index contributed by atoms with van der Waals surface area (Å²) in [6.45, 7) is 1.31. The van der Waals surface area contributed by atoms with E-state index in [2.05, 4.69) is 4.90 Å². The number of rotatable bonds is 6. The summed E-state index contributed by atoms with van der Waals surface area (Å²) in [6, 6.07) is 6.40. The van der Waals surface area contributed by atoms with Gasteiger partial charge in [-0.15, -0.1) is 0 Å². The predicted octanol–water partition coefficient (Wildman–Crippen LogP) is 4.04. The highest BCUT2D eigenvalue weighted by atomic mass is 16.6. The zero-order valence-electron chi connectivity index (χ0n) is 17.2. The van der Waals surface area contributed by atoms with Crippen molar-refractivity contribution in [1.82, 2.24) is 4.90 Å². The van der Waals surface area contributed by atoms with Gasteiger partial charge in [0.05, 0.1) is 4.92 Å². The van der Waals surface area contributed by atoms with E-state index >= 15 is 0 Å². The number of non-ortho nitro benzene ring substituents is 1. The smallest absolute Gasteiger partial charge is 0.269 e. The van der Waals surface area contributed by atoms with Gasteiger partial charge in [-0.25, -0.2) is 0 Å². The second-order valence-electron chi connectivity index (χ2n) is 8.06. The molecule has 2 aliphatic carbocycles. The SMILES string of the molecule is COCCCN1C2=C(C(=O)CCC2)C(c2cccc([N+](=O)[O-])c2)C2=C1CCCC2=O. The first-order valence-corrected chi connectivity index (χ1v) is 10.6. The number of carbonyl (C=O) groups is 2. The van der Waals surface area contributed by atoms with E-state index in [4.69, 9.17) is 4.74 Å². The van der Waals surface area contributed by atoms with Crippen molar-refractivity contribution in [3.63, 3.8) is 0 Å². The number of hydrogen-bond acceptors (Lipinski definition) is 6. The minimum Gasteiger partial charge on any atom is -0.385 e. The molecule has 3 aliphatic rings. The molecule has 0 atom stereocenters. The molecular formula is C23H26N2O5. The normalized spacial score (nSPS) is 19.8. The lowest BCUT2D eigenvalue weighted by molar-refractivity contribution is -0.384. The lowest BCUT2D eigenvalue weighted by Crippen LogP contribution is -2.39. The van der Waals surface area contributed by atoms with Crippen LogP contribution in [0, 0.1) is 10.1 Å². The van der Waals surface area contributed by atoms with Crippen molar-refractivity contribution in [1.29, 1.82) is 0 Å². The number of ketones is 2. The van der Waals surface area contributed by atoms with Crippen molar-refractivity contribution in [3.05, 3.63) is 62.5 Å². The van der Waals surface area contributed by atoms with E-state index in [0.717, 1.165) is 43.5 Å². The third kappa shape index (κ3) is 3.58. The number of nitrogens with zero attached hydrogens (tertiary/aromatic N) is 2. The lowest BCUT2D eigenvalue weighted by atomic mass is 9.71. The maximum Gasteiger partial charge on any atom is 0.269 e. The predicted molar refractivity (Wildman–Crippen MR) is 111 cm³/mol. The fraction of sp³-hybridized carbons (Fsp3) is 0.478. The summed E-state index contributed by atoms with van der Waals surface area (Å²) < 4.78 is 5.22. The van der Waals surface area contributed by atoms with Crippen molar-refractivity contribution in [3.8, 4) is 0 Å². The highest BCUT2D eigenvalue weighted by molar-refractivity contribution is 6.06. The molecule has 1 heterocycles. The van der Waals surface area contributed by atoms with Crippen LogP contribution in [0.2, 0.25) is 0 Å². The van der Waals surface area contributed by atoms with E-state index in [-0.39, 0.29) is 17.3 Å². The number of hydrogen-bond donors (Lipinski definition) is 0. The Hall–Kier alpha value is -2.80. The van der Waals surface area contributed by atoms with Crippen LogP contribution in [0.3, 0.4) is 0 Å². The molecule has 4 rings (SSSR count). The standard InChI is InChI=1S/C23H26N2O5/c1-30-13-5-12-24-17-8-3-10-19(26)22(17)21(23-18(24)9-4-11-20(23)27)15-6-2-7-16(14-15)25(28)29/h2,6-7,14,21H,3-5,8-13H2,1H3. The molecule has 0 spiro atoms. The second-order valence-corrected chi connectivity index (χ2v) is 8.06. The Bertz CT molecular complexity index is 918. The van der Waals surface area contributed by atoms with Crippen LogP contribution in [0.5, 0.6) is 0 Å². The van der Waals surface area contributed by atoms with Gasteiger partial charge in [0.2, 0.25) is 0 Å². The number of nitro benzene ring substituents is 1. The van der Waals surface area contributed by atoms with Crippen LogP contribution < -0.4 is 0 Å². The van der Waals surface area contributed by atoms with Crippen LogP contribution >= 0.6 is 0 Å². The van der Waals surface area contributed by atoms with Crippen molar-refractivity contribution in [2.24, 2.45) is 0 Å². The summed E-state index contributed by atoms with van der Waals surface area (Å²) >= 11 is 0. The molecule has 1 aromatic rings. The van der Waals surface area contributed by atoms with Crippen LogP contribution in [0.15, 0.2) is 46.8 Å². The summed E-state index contributed by atoms with van der Waals surface area (Å²) in [5.41, 5.74) is 3.94. The molecule has 1 aliphatic heterocycles. The van der Waals surface area contributed by atoms with E-state index in [1.165, 1.54) is 12.1 Å². The first-order valence-electron chi connectivity index (χ1n) is 10.6. The molecule has 7 heteroatoms. The summed E-state index contributed by atoms with van der Waals surface area (Å²) in [7, 11) is 1.66. The van der Waals surface area contributed by atoms with E-state index in [1.54, 1.807) is 19.2 Å². The van der Waals surface area contributed by atoms with Gasteiger partial charge >= 0.3 is 0 Å². The van der Waals surface area contributed by atoms with Crippen molar-refractivity contribution < 1.29 is 19.2 Å². The van der Waals surface area contributed by atoms with E-state index in [1.807, 2.05) is 0 Å². The van der Waals surface area contributed by atoms with Crippen molar-refractivity contribution in [2.45, 2.75) is 50.9 Å². The molecule has 30 heavy (non-hydrogen) atoms. The minimum atomic E-state index is -0.505. The van der Waals surface area contributed by atoms with Gasteiger partial charge in [-0.05, 0) is 37.7 Å². The number of Topliss-reactive ketones (excluding diaryl/α,β-unsaturated/α-hetero) is 2. The van der Waals surface area contributed by atoms with Crippen molar-refractivity contribution >= 4 is 17.3 Å². The number of nitro groups is 1. The highest BCUT2D eigenvalue weighted by Gasteiger charge is 2.43. The average Bonchev–Trinajstić information content (AvgIpc) is 2.74. The molecule has 0 N–H and O–H groups in total. The van der Waals surface area contributed by atoms with E-state index in [9.17, 15) is 19.7 Å². The third-order valence-corrected chi connectivity index (χ3v) is 6.23. The molecule has 0 radical (unpaired) electrons. The summed E-state index contributed by atoms with van der Waals surface area (Å²) in [5.74, 6) is -0.405. The van der Waals surface area contributed by atoms with Gasteiger partial charge < -0.3 is 9.64 Å². The molecule has 0 amide bonds. The zero-order chi connectivity index (χ0) is 21.3.